The number of hydrogen-bond acceptors (Lipinski definition) is 0. The average molecular weight is 289 g/mol. The Hall–Kier alpha value is 0. The minimum atomic E-state index is 1.02. The van der Waals surface area contributed by atoms with Gasteiger partial charge in [-0.3, -0.25) is 0 Å². The summed E-state index contributed by atoms with van der Waals surface area (Å²) >= 11 is 0. The third-order valence-corrected chi connectivity index (χ3v) is 8.90. The Labute approximate surface area is 132 Å². The Morgan fingerprint density at radius 1 is 0.667 bits per heavy atom. The van der Waals surface area contributed by atoms with E-state index < -0.39 is 0 Å². The molecule has 120 valence electrons. The van der Waals surface area contributed by atoms with E-state index in [0.717, 1.165) is 53.3 Å². The summed E-state index contributed by atoms with van der Waals surface area (Å²) in [5, 5.41) is 0. The fourth-order valence-electron chi connectivity index (χ4n) is 7.77. The van der Waals surface area contributed by atoms with Gasteiger partial charge in [0.1, 0.15) is 0 Å². The molecule has 0 aliphatic heterocycles. The van der Waals surface area contributed by atoms with Crippen LogP contribution >= 0.6 is 0 Å². The van der Waals surface area contributed by atoms with Crippen LogP contribution < -0.4 is 0 Å². The van der Waals surface area contributed by atoms with Gasteiger partial charge in [0.25, 0.3) is 0 Å². The molecule has 0 aromatic rings. The fraction of sp³-hybridized carbons (Fsp3) is 1.00. The lowest BCUT2D eigenvalue weighted by molar-refractivity contribution is 0.0141. The summed E-state index contributed by atoms with van der Waals surface area (Å²) in [7, 11) is 0. The van der Waals surface area contributed by atoms with Crippen LogP contribution in [0.4, 0.5) is 0 Å². The van der Waals surface area contributed by atoms with Crippen LogP contribution in [0, 0.1) is 53.3 Å². The lowest BCUT2D eigenvalue weighted by atomic mass is 9.57. The molecular formula is C21H36. The van der Waals surface area contributed by atoms with Crippen molar-refractivity contribution in [2.24, 2.45) is 53.3 Å². The fourth-order valence-corrected chi connectivity index (χ4v) is 7.77. The maximum atomic E-state index is 2.65. The third-order valence-electron chi connectivity index (χ3n) is 8.90. The first kappa shape index (κ1) is 14.6. The standard InChI is InChI=1S/C21H36/c1-4-15-9-10-18-19(13(15)2)12-20-14(3)17-8-6-5-7-16(17)11-21(18)20/h13-21H,4-12H2,1-3H3/t13?,14?,15?,16-,17?,18?,19?,20?,21?/m1/s1. The summed E-state index contributed by atoms with van der Waals surface area (Å²) < 4.78 is 0. The molecule has 4 aliphatic carbocycles. The highest BCUT2D eigenvalue weighted by atomic mass is 14.6. The van der Waals surface area contributed by atoms with Crippen molar-refractivity contribution < 1.29 is 0 Å². The molecule has 8 unspecified atom stereocenters. The van der Waals surface area contributed by atoms with E-state index in [9.17, 15) is 0 Å². The lowest BCUT2D eigenvalue weighted by Crippen LogP contribution is -2.40. The predicted octanol–water partition coefficient (Wildman–Crippen LogP) is 6.16. The molecule has 21 heavy (non-hydrogen) atoms. The van der Waals surface area contributed by atoms with Crippen LogP contribution in [0.5, 0.6) is 0 Å². The third kappa shape index (κ3) is 2.22. The normalized spacial score (nSPS) is 56.4. The van der Waals surface area contributed by atoms with Crippen molar-refractivity contribution in [2.75, 3.05) is 0 Å². The maximum Gasteiger partial charge on any atom is -0.0349 e. The van der Waals surface area contributed by atoms with E-state index in [4.69, 9.17) is 0 Å². The minimum Gasteiger partial charge on any atom is -0.0651 e. The van der Waals surface area contributed by atoms with Crippen LogP contribution in [0.2, 0.25) is 0 Å². The predicted molar refractivity (Wildman–Crippen MR) is 90.0 cm³/mol. The van der Waals surface area contributed by atoms with Gasteiger partial charge < -0.3 is 0 Å². The molecule has 4 fully saturated rings. The zero-order valence-corrected chi connectivity index (χ0v) is 14.6. The molecule has 0 aromatic heterocycles. The van der Waals surface area contributed by atoms with Crippen LogP contribution in [-0.4, -0.2) is 0 Å². The van der Waals surface area contributed by atoms with Crippen molar-refractivity contribution >= 4 is 0 Å². The van der Waals surface area contributed by atoms with Gasteiger partial charge >= 0.3 is 0 Å². The quantitative estimate of drug-likeness (QED) is 0.542. The van der Waals surface area contributed by atoms with Gasteiger partial charge in [0, 0.05) is 0 Å². The average Bonchev–Trinajstić information content (AvgIpc) is 2.88. The Bertz CT molecular complexity index is 372. The molecule has 0 radical (unpaired) electrons. The summed E-state index contributed by atoms with van der Waals surface area (Å²) in [6.07, 6.45) is 14.0. The van der Waals surface area contributed by atoms with E-state index in [1.165, 1.54) is 19.3 Å². The molecule has 4 saturated carbocycles. The summed E-state index contributed by atoms with van der Waals surface area (Å²) in [6, 6.07) is 0. The highest BCUT2D eigenvalue weighted by Gasteiger charge is 2.54. The second-order valence-electron chi connectivity index (χ2n) is 9.30. The maximum absolute atomic E-state index is 2.65. The van der Waals surface area contributed by atoms with Crippen LogP contribution in [0.15, 0.2) is 0 Å². The first-order chi connectivity index (χ1) is 10.2. The second-order valence-corrected chi connectivity index (χ2v) is 9.30. The van der Waals surface area contributed by atoms with Gasteiger partial charge in [0.2, 0.25) is 0 Å². The highest BCUT2D eigenvalue weighted by molar-refractivity contribution is 5.03. The van der Waals surface area contributed by atoms with E-state index in [2.05, 4.69) is 20.8 Å². The Kier molecular flexibility index (Phi) is 3.87. The molecule has 0 amide bonds. The topological polar surface area (TPSA) is 0 Å². The van der Waals surface area contributed by atoms with Gasteiger partial charge in [-0.15, -0.1) is 0 Å². The van der Waals surface area contributed by atoms with Gasteiger partial charge in [0.05, 0.1) is 0 Å². The van der Waals surface area contributed by atoms with Crippen LogP contribution in [0.1, 0.15) is 78.6 Å². The first-order valence-electron chi connectivity index (χ1n) is 10.2. The van der Waals surface area contributed by atoms with E-state index in [-0.39, 0.29) is 0 Å². The summed E-state index contributed by atoms with van der Waals surface area (Å²) in [5.74, 6) is 9.80. The van der Waals surface area contributed by atoms with Gasteiger partial charge in [-0.25, -0.2) is 0 Å². The first-order valence-corrected chi connectivity index (χ1v) is 10.2. The van der Waals surface area contributed by atoms with E-state index in [0.29, 0.717) is 0 Å². The van der Waals surface area contributed by atoms with Crippen molar-refractivity contribution in [2.45, 2.75) is 78.6 Å². The zero-order valence-electron chi connectivity index (χ0n) is 14.6. The number of hydrogen-bond donors (Lipinski definition) is 0. The molecule has 4 rings (SSSR count). The lowest BCUT2D eigenvalue weighted by Gasteiger charge is -2.48. The molecule has 9 atom stereocenters. The van der Waals surface area contributed by atoms with E-state index in [1.807, 2.05) is 0 Å². The summed E-state index contributed by atoms with van der Waals surface area (Å²) in [6.45, 7) is 7.69. The number of fused-ring (bicyclic) bond motifs is 4. The molecule has 0 saturated heterocycles. The largest absolute Gasteiger partial charge is 0.0651 e. The van der Waals surface area contributed by atoms with Crippen LogP contribution in [0.25, 0.3) is 0 Å². The smallest absolute Gasteiger partial charge is 0.0349 e. The van der Waals surface area contributed by atoms with Crippen molar-refractivity contribution in [3.8, 4) is 0 Å². The molecule has 0 spiro atoms. The van der Waals surface area contributed by atoms with Crippen molar-refractivity contribution in [3.63, 3.8) is 0 Å². The van der Waals surface area contributed by atoms with Crippen LogP contribution in [0.3, 0.4) is 0 Å². The molecule has 0 heteroatoms. The highest BCUT2D eigenvalue weighted by Crippen LogP contribution is 2.62. The monoisotopic (exact) mass is 288 g/mol. The molecule has 0 bridgehead atoms. The molecule has 0 N–H and O–H groups in total. The van der Waals surface area contributed by atoms with Gasteiger partial charge in [-0.2, -0.15) is 0 Å². The Morgan fingerprint density at radius 3 is 2.24 bits per heavy atom. The van der Waals surface area contributed by atoms with Gasteiger partial charge in [-0.1, -0.05) is 46.5 Å². The molecule has 0 aromatic carbocycles. The van der Waals surface area contributed by atoms with Gasteiger partial charge in [0.15, 0.2) is 0 Å². The van der Waals surface area contributed by atoms with E-state index >= 15 is 0 Å². The molecular weight excluding hydrogens is 252 g/mol. The second kappa shape index (κ2) is 5.57. The number of rotatable bonds is 1. The zero-order chi connectivity index (χ0) is 14.6. The van der Waals surface area contributed by atoms with Crippen molar-refractivity contribution in [1.82, 2.24) is 0 Å². The SMILES string of the molecule is CCC1CCC2C(CC3C(C)C4CCCC[C@@H]4CC32)C1C. The molecule has 0 heterocycles. The summed E-state index contributed by atoms with van der Waals surface area (Å²) in [4.78, 5) is 0. The minimum absolute atomic E-state index is 1.02. The van der Waals surface area contributed by atoms with Crippen LogP contribution in [-0.2, 0) is 0 Å². The Morgan fingerprint density at radius 2 is 1.43 bits per heavy atom. The van der Waals surface area contributed by atoms with Gasteiger partial charge in [-0.05, 0) is 85.4 Å². The summed E-state index contributed by atoms with van der Waals surface area (Å²) in [5.41, 5.74) is 0. The van der Waals surface area contributed by atoms with Crippen molar-refractivity contribution in [1.29, 1.82) is 0 Å². The molecule has 4 aliphatic rings. The van der Waals surface area contributed by atoms with E-state index in [1.54, 1.807) is 38.5 Å². The molecule has 0 nitrogen and oxygen atoms in total. The Balaban J connectivity index is 1.56. The van der Waals surface area contributed by atoms with Crippen molar-refractivity contribution in [3.05, 3.63) is 0 Å².